The highest BCUT2D eigenvalue weighted by atomic mass is 32.1. The number of nitrogens with one attached hydrogen (secondary N) is 1. The van der Waals surface area contributed by atoms with E-state index in [2.05, 4.69) is 5.32 Å². The summed E-state index contributed by atoms with van der Waals surface area (Å²) in [6, 6.07) is 7.24. The minimum atomic E-state index is -0.173. The second kappa shape index (κ2) is 6.43. The number of hydrogen-bond donors (Lipinski definition) is 2. The predicted molar refractivity (Wildman–Crippen MR) is 82.2 cm³/mol. The van der Waals surface area contributed by atoms with Crippen LogP contribution in [0.4, 0.5) is 5.69 Å². The minimum absolute atomic E-state index is 0.173. The van der Waals surface area contributed by atoms with Crippen molar-refractivity contribution < 1.29 is 9.53 Å². The highest BCUT2D eigenvalue weighted by molar-refractivity contribution is 7.10. The molecule has 0 saturated heterocycles. The zero-order valence-corrected chi connectivity index (χ0v) is 12.4. The maximum absolute atomic E-state index is 12.3. The standard InChI is InChI=1S/C15H18N2O2S/c1-3-19-14-11(5-4-6-12(14)16)15(18)17-9-13-10(2)7-8-20-13/h4-8H,3,9,16H2,1-2H3,(H,17,18). The summed E-state index contributed by atoms with van der Waals surface area (Å²) < 4.78 is 5.47. The van der Waals surface area contributed by atoms with Crippen LogP contribution in [0.25, 0.3) is 0 Å². The van der Waals surface area contributed by atoms with Crippen LogP contribution in [-0.4, -0.2) is 12.5 Å². The molecular formula is C15H18N2O2S. The number of amides is 1. The lowest BCUT2D eigenvalue weighted by Crippen LogP contribution is -2.23. The summed E-state index contributed by atoms with van der Waals surface area (Å²) in [5.41, 5.74) is 8.00. The van der Waals surface area contributed by atoms with E-state index in [4.69, 9.17) is 10.5 Å². The van der Waals surface area contributed by atoms with Crippen molar-refractivity contribution in [2.24, 2.45) is 0 Å². The lowest BCUT2D eigenvalue weighted by atomic mass is 10.1. The van der Waals surface area contributed by atoms with E-state index in [9.17, 15) is 4.79 Å². The zero-order chi connectivity index (χ0) is 14.5. The molecule has 0 unspecified atom stereocenters. The van der Waals surface area contributed by atoms with Gasteiger partial charge in [0, 0.05) is 4.88 Å². The molecule has 106 valence electrons. The topological polar surface area (TPSA) is 64.3 Å². The van der Waals surface area contributed by atoms with Gasteiger partial charge in [0.1, 0.15) is 0 Å². The molecule has 1 aromatic carbocycles. The molecule has 0 atom stereocenters. The molecule has 0 saturated carbocycles. The average molecular weight is 290 g/mol. The van der Waals surface area contributed by atoms with Crippen LogP contribution >= 0.6 is 11.3 Å². The fourth-order valence-corrected chi connectivity index (χ4v) is 2.73. The van der Waals surface area contributed by atoms with Gasteiger partial charge in [-0.05, 0) is 43.0 Å². The number of ether oxygens (including phenoxy) is 1. The number of hydrogen-bond acceptors (Lipinski definition) is 4. The quantitative estimate of drug-likeness (QED) is 0.832. The third kappa shape index (κ3) is 3.11. The Bertz CT molecular complexity index is 608. The van der Waals surface area contributed by atoms with Crippen molar-refractivity contribution in [2.45, 2.75) is 20.4 Å². The zero-order valence-electron chi connectivity index (χ0n) is 11.6. The molecule has 0 aliphatic rings. The number of thiophene rings is 1. The molecule has 3 N–H and O–H groups in total. The first kappa shape index (κ1) is 14.4. The monoisotopic (exact) mass is 290 g/mol. The second-order valence-corrected chi connectivity index (χ2v) is 5.37. The average Bonchev–Trinajstić information content (AvgIpc) is 2.84. The van der Waals surface area contributed by atoms with E-state index in [-0.39, 0.29) is 5.91 Å². The third-order valence-corrected chi connectivity index (χ3v) is 3.98. The van der Waals surface area contributed by atoms with Crippen molar-refractivity contribution in [1.29, 1.82) is 0 Å². The summed E-state index contributed by atoms with van der Waals surface area (Å²) in [6.45, 7) is 4.88. The predicted octanol–water partition coefficient (Wildman–Crippen LogP) is 2.97. The Kier molecular flexibility index (Phi) is 4.63. The molecule has 4 nitrogen and oxygen atoms in total. The summed E-state index contributed by atoms with van der Waals surface area (Å²) in [7, 11) is 0. The fraction of sp³-hybridized carbons (Fsp3) is 0.267. The molecule has 0 radical (unpaired) electrons. The highest BCUT2D eigenvalue weighted by Gasteiger charge is 2.15. The lowest BCUT2D eigenvalue weighted by molar-refractivity contribution is 0.0947. The highest BCUT2D eigenvalue weighted by Crippen LogP contribution is 2.26. The van der Waals surface area contributed by atoms with Crippen LogP contribution in [0.1, 0.15) is 27.7 Å². The first-order chi connectivity index (χ1) is 9.63. The smallest absolute Gasteiger partial charge is 0.255 e. The van der Waals surface area contributed by atoms with Gasteiger partial charge in [-0.25, -0.2) is 0 Å². The van der Waals surface area contributed by atoms with Crippen LogP contribution in [0.2, 0.25) is 0 Å². The molecule has 1 aromatic heterocycles. The molecule has 1 heterocycles. The SMILES string of the molecule is CCOc1c(N)cccc1C(=O)NCc1sccc1C. The Hall–Kier alpha value is -2.01. The maximum Gasteiger partial charge on any atom is 0.255 e. The lowest BCUT2D eigenvalue weighted by Gasteiger charge is -2.12. The Labute approximate surface area is 122 Å². The van der Waals surface area contributed by atoms with Gasteiger partial charge in [0.15, 0.2) is 5.75 Å². The maximum atomic E-state index is 12.3. The van der Waals surface area contributed by atoms with E-state index in [1.54, 1.807) is 29.5 Å². The van der Waals surface area contributed by atoms with Gasteiger partial charge in [-0.1, -0.05) is 6.07 Å². The molecule has 0 spiro atoms. The van der Waals surface area contributed by atoms with E-state index in [0.29, 0.717) is 30.2 Å². The van der Waals surface area contributed by atoms with Crippen LogP contribution in [0.3, 0.4) is 0 Å². The van der Waals surface area contributed by atoms with Crippen LogP contribution in [0, 0.1) is 6.92 Å². The number of aryl methyl sites for hydroxylation is 1. The molecular weight excluding hydrogens is 272 g/mol. The van der Waals surface area contributed by atoms with Gasteiger partial charge in [0.25, 0.3) is 5.91 Å². The molecule has 2 aromatic rings. The van der Waals surface area contributed by atoms with Gasteiger partial charge in [-0.15, -0.1) is 11.3 Å². The molecule has 0 aliphatic heterocycles. The van der Waals surface area contributed by atoms with Gasteiger partial charge < -0.3 is 15.8 Å². The summed E-state index contributed by atoms with van der Waals surface area (Å²) in [5.74, 6) is 0.281. The van der Waals surface area contributed by atoms with E-state index >= 15 is 0 Å². The van der Waals surface area contributed by atoms with Gasteiger partial charge in [0.2, 0.25) is 0 Å². The molecule has 2 rings (SSSR count). The normalized spacial score (nSPS) is 10.3. The van der Waals surface area contributed by atoms with E-state index in [1.807, 2.05) is 25.3 Å². The van der Waals surface area contributed by atoms with Gasteiger partial charge in [-0.3, -0.25) is 4.79 Å². The number of anilines is 1. The minimum Gasteiger partial charge on any atom is -0.491 e. The molecule has 5 heteroatoms. The molecule has 0 bridgehead atoms. The number of para-hydroxylation sites is 1. The van der Waals surface area contributed by atoms with Crippen molar-refractivity contribution in [3.63, 3.8) is 0 Å². The second-order valence-electron chi connectivity index (χ2n) is 4.37. The van der Waals surface area contributed by atoms with Gasteiger partial charge in [-0.2, -0.15) is 0 Å². The summed E-state index contributed by atoms with van der Waals surface area (Å²) in [5, 5.41) is 4.92. The van der Waals surface area contributed by atoms with Crippen molar-refractivity contribution in [3.8, 4) is 5.75 Å². The number of carbonyl (C=O) groups is 1. The van der Waals surface area contributed by atoms with E-state index in [0.717, 1.165) is 4.88 Å². The van der Waals surface area contributed by atoms with Crippen molar-refractivity contribution in [1.82, 2.24) is 5.32 Å². The van der Waals surface area contributed by atoms with Crippen LogP contribution in [-0.2, 0) is 6.54 Å². The molecule has 1 amide bonds. The van der Waals surface area contributed by atoms with Gasteiger partial charge in [0.05, 0.1) is 24.4 Å². The van der Waals surface area contributed by atoms with E-state index < -0.39 is 0 Å². The van der Waals surface area contributed by atoms with Crippen molar-refractivity contribution in [2.75, 3.05) is 12.3 Å². The Morgan fingerprint density at radius 1 is 1.40 bits per heavy atom. The largest absolute Gasteiger partial charge is 0.491 e. The van der Waals surface area contributed by atoms with Gasteiger partial charge >= 0.3 is 0 Å². The molecule has 20 heavy (non-hydrogen) atoms. The van der Waals surface area contributed by atoms with Crippen LogP contribution < -0.4 is 15.8 Å². The fourth-order valence-electron chi connectivity index (χ4n) is 1.88. The first-order valence-electron chi connectivity index (χ1n) is 6.46. The Morgan fingerprint density at radius 2 is 2.20 bits per heavy atom. The summed E-state index contributed by atoms with van der Waals surface area (Å²) in [6.07, 6.45) is 0. The van der Waals surface area contributed by atoms with Crippen LogP contribution in [0.5, 0.6) is 5.75 Å². The number of nitrogens with two attached hydrogens (primary N) is 1. The van der Waals surface area contributed by atoms with E-state index in [1.165, 1.54) is 5.56 Å². The molecule has 0 aliphatic carbocycles. The number of carbonyl (C=O) groups excluding carboxylic acids is 1. The number of benzene rings is 1. The Balaban J connectivity index is 2.13. The Morgan fingerprint density at radius 3 is 2.85 bits per heavy atom. The molecule has 0 fully saturated rings. The van der Waals surface area contributed by atoms with Crippen LogP contribution in [0.15, 0.2) is 29.6 Å². The summed E-state index contributed by atoms with van der Waals surface area (Å²) >= 11 is 1.63. The first-order valence-corrected chi connectivity index (χ1v) is 7.34. The van der Waals surface area contributed by atoms with Crippen molar-refractivity contribution in [3.05, 3.63) is 45.6 Å². The summed E-state index contributed by atoms with van der Waals surface area (Å²) in [4.78, 5) is 13.4. The number of rotatable bonds is 5. The van der Waals surface area contributed by atoms with Crippen molar-refractivity contribution >= 4 is 22.9 Å². The number of nitrogen functional groups attached to an aromatic ring is 1. The third-order valence-electron chi connectivity index (χ3n) is 2.96.